The summed E-state index contributed by atoms with van der Waals surface area (Å²) in [5.74, 6) is 0.0947. The third kappa shape index (κ3) is 4.43. The molecule has 152 valence electrons. The first-order valence-electron chi connectivity index (χ1n) is 9.98. The number of hydrogen-bond donors (Lipinski definition) is 1. The molecule has 2 aliphatic rings. The molecular weight excluding hydrogens is 423 g/mol. The topological polar surface area (TPSA) is 30.9 Å². The van der Waals surface area contributed by atoms with Gasteiger partial charge in [0.05, 0.1) is 16.8 Å². The van der Waals surface area contributed by atoms with Crippen molar-refractivity contribution in [2.24, 2.45) is 11.0 Å². The zero-order chi connectivity index (χ0) is 20.4. The normalized spacial score (nSPS) is 22.4. The van der Waals surface area contributed by atoms with E-state index in [0.717, 1.165) is 30.1 Å². The molecule has 0 aromatic heterocycles. The van der Waals surface area contributed by atoms with E-state index in [4.69, 9.17) is 40.5 Å². The molecule has 0 aliphatic carbocycles. The Morgan fingerprint density at radius 3 is 2.41 bits per heavy atom. The smallest absolute Gasteiger partial charge is 0.137 e. The number of piperidine rings is 1. The highest BCUT2D eigenvalue weighted by Crippen LogP contribution is 2.41. The standard InChI is InChI=1S/C22H24Cl2N4S/c1-15-20(22(29)26-27-13-5-2-6-14-27)25-28(19-8-4-3-7-18(19)24)21(15)16-9-11-17(23)12-10-16/h3-4,7-12,15,21H,2,5-6,13-14H2,1H3,(H,26,29). The van der Waals surface area contributed by atoms with Gasteiger partial charge in [0.1, 0.15) is 10.7 Å². The molecule has 2 atom stereocenters. The Kier molecular flexibility index (Phi) is 6.40. The second-order valence-corrected chi connectivity index (χ2v) is 8.81. The van der Waals surface area contributed by atoms with E-state index in [0.29, 0.717) is 15.0 Å². The molecule has 4 nitrogen and oxygen atoms in total. The molecule has 4 rings (SSSR count). The molecule has 2 aliphatic heterocycles. The number of para-hydroxylation sites is 1. The highest BCUT2D eigenvalue weighted by Gasteiger charge is 2.39. The Morgan fingerprint density at radius 2 is 1.72 bits per heavy atom. The number of halogens is 2. The molecule has 2 aromatic carbocycles. The Morgan fingerprint density at radius 1 is 1.03 bits per heavy atom. The number of benzene rings is 2. The van der Waals surface area contributed by atoms with Crippen molar-refractivity contribution in [2.45, 2.75) is 32.2 Å². The molecule has 2 aromatic rings. The third-order valence-corrected chi connectivity index (χ3v) is 6.42. The van der Waals surface area contributed by atoms with Gasteiger partial charge in [-0.2, -0.15) is 5.10 Å². The molecule has 1 saturated heterocycles. The SMILES string of the molecule is CC1C(C(=S)NN2CCCCC2)=NN(c2ccccc2Cl)C1c1ccc(Cl)cc1. The lowest BCUT2D eigenvalue weighted by Crippen LogP contribution is -2.47. The Balaban J connectivity index is 1.66. The highest BCUT2D eigenvalue weighted by atomic mass is 35.5. The zero-order valence-electron chi connectivity index (χ0n) is 16.3. The van der Waals surface area contributed by atoms with Crippen molar-refractivity contribution >= 4 is 51.8 Å². The van der Waals surface area contributed by atoms with Crippen LogP contribution in [-0.4, -0.2) is 28.8 Å². The lowest BCUT2D eigenvalue weighted by molar-refractivity contribution is 0.197. The van der Waals surface area contributed by atoms with Gasteiger partial charge < -0.3 is 5.43 Å². The zero-order valence-corrected chi connectivity index (χ0v) is 18.6. The van der Waals surface area contributed by atoms with Gasteiger partial charge in [-0.05, 0) is 42.7 Å². The Hall–Kier alpha value is -1.66. The average molecular weight is 447 g/mol. The van der Waals surface area contributed by atoms with Gasteiger partial charge in [0.2, 0.25) is 0 Å². The van der Waals surface area contributed by atoms with Crippen molar-refractivity contribution in [1.29, 1.82) is 0 Å². The number of thiocarbonyl (C=S) groups is 1. The fourth-order valence-electron chi connectivity index (χ4n) is 4.02. The van der Waals surface area contributed by atoms with Crippen molar-refractivity contribution in [3.8, 4) is 0 Å². The van der Waals surface area contributed by atoms with E-state index in [1.165, 1.54) is 19.3 Å². The largest absolute Gasteiger partial charge is 0.308 e. The van der Waals surface area contributed by atoms with Crippen LogP contribution in [0.5, 0.6) is 0 Å². The van der Waals surface area contributed by atoms with Crippen LogP contribution >= 0.6 is 35.4 Å². The van der Waals surface area contributed by atoms with E-state index in [1.807, 2.05) is 53.5 Å². The van der Waals surface area contributed by atoms with Gasteiger partial charge >= 0.3 is 0 Å². The quantitative estimate of drug-likeness (QED) is 0.595. The van der Waals surface area contributed by atoms with Crippen LogP contribution in [-0.2, 0) is 0 Å². The number of hydrazine groups is 1. The first-order chi connectivity index (χ1) is 14.0. The van der Waals surface area contributed by atoms with Crippen molar-refractivity contribution in [1.82, 2.24) is 10.4 Å². The maximum atomic E-state index is 6.52. The van der Waals surface area contributed by atoms with Crippen LogP contribution in [0.2, 0.25) is 10.0 Å². The monoisotopic (exact) mass is 446 g/mol. The molecule has 0 amide bonds. The summed E-state index contributed by atoms with van der Waals surface area (Å²) in [6, 6.07) is 15.7. The molecular formula is C22H24Cl2N4S. The first-order valence-corrected chi connectivity index (χ1v) is 11.1. The van der Waals surface area contributed by atoms with Gasteiger partial charge in [0, 0.05) is 24.0 Å². The average Bonchev–Trinajstić information content (AvgIpc) is 3.07. The highest BCUT2D eigenvalue weighted by molar-refractivity contribution is 7.82. The maximum Gasteiger partial charge on any atom is 0.137 e. The van der Waals surface area contributed by atoms with Crippen molar-refractivity contribution in [3.05, 3.63) is 64.1 Å². The Bertz CT molecular complexity index is 909. The summed E-state index contributed by atoms with van der Waals surface area (Å²) < 4.78 is 0. The number of nitrogens with zero attached hydrogens (tertiary/aromatic N) is 3. The molecule has 1 N–H and O–H groups in total. The molecule has 0 bridgehead atoms. The third-order valence-electron chi connectivity index (χ3n) is 5.54. The summed E-state index contributed by atoms with van der Waals surface area (Å²) in [7, 11) is 0. The van der Waals surface area contributed by atoms with Crippen molar-refractivity contribution in [2.75, 3.05) is 18.1 Å². The van der Waals surface area contributed by atoms with Gasteiger partial charge in [-0.1, -0.05) is 73.0 Å². The van der Waals surface area contributed by atoms with Crippen LogP contribution in [0.1, 0.15) is 37.8 Å². The Labute approximate surface area is 187 Å². The lowest BCUT2D eigenvalue weighted by Gasteiger charge is -2.29. The van der Waals surface area contributed by atoms with Gasteiger partial charge in [-0.3, -0.25) is 5.01 Å². The van der Waals surface area contributed by atoms with Crippen LogP contribution < -0.4 is 10.4 Å². The number of hydrazone groups is 1. The van der Waals surface area contributed by atoms with Gasteiger partial charge in [-0.15, -0.1) is 0 Å². The number of rotatable bonds is 4. The van der Waals surface area contributed by atoms with Crippen LogP contribution in [0, 0.1) is 5.92 Å². The summed E-state index contributed by atoms with van der Waals surface area (Å²) in [5, 5.41) is 10.5. The van der Waals surface area contributed by atoms with E-state index in [1.54, 1.807) is 0 Å². The van der Waals surface area contributed by atoms with E-state index in [-0.39, 0.29) is 12.0 Å². The van der Waals surface area contributed by atoms with E-state index < -0.39 is 0 Å². The van der Waals surface area contributed by atoms with Gasteiger partial charge in [0.15, 0.2) is 0 Å². The molecule has 7 heteroatoms. The van der Waals surface area contributed by atoms with Crippen LogP contribution in [0.25, 0.3) is 0 Å². The van der Waals surface area contributed by atoms with Gasteiger partial charge in [0.25, 0.3) is 0 Å². The maximum absolute atomic E-state index is 6.52. The van der Waals surface area contributed by atoms with Crippen LogP contribution in [0.4, 0.5) is 5.69 Å². The molecule has 0 saturated carbocycles. The predicted octanol–water partition coefficient (Wildman–Crippen LogP) is 5.86. The second kappa shape index (κ2) is 9.00. The summed E-state index contributed by atoms with van der Waals surface area (Å²) in [6.45, 7) is 4.19. The summed E-state index contributed by atoms with van der Waals surface area (Å²) >= 11 is 18.4. The molecule has 2 unspecified atom stereocenters. The first kappa shape index (κ1) is 20.6. The summed E-state index contributed by atoms with van der Waals surface area (Å²) in [6.07, 6.45) is 3.66. The minimum atomic E-state index is -0.0109. The van der Waals surface area contributed by atoms with Crippen molar-refractivity contribution < 1.29 is 0 Å². The minimum Gasteiger partial charge on any atom is -0.308 e. The molecule has 29 heavy (non-hydrogen) atoms. The van der Waals surface area contributed by atoms with E-state index >= 15 is 0 Å². The van der Waals surface area contributed by atoms with Crippen LogP contribution in [0.3, 0.4) is 0 Å². The van der Waals surface area contributed by atoms with E-state index in [9.17, 15) is 0 Å². The molecule has 2 heterocycles. The van der Waals surface area contributed by atoms with E-state index in [2.05, 4.69) is 17.4 Å². The fraction of sp³-hybridized carbons (Fsp3) is 0.364. The van der Waals surface area contributed by atoms with Gasteiger partial charge in [-0.25, -0.2) is 5.01 Å². The van der Waals surface area contributed by atoms with Crippen molar-refractivity contribution in [3.63, 3.8) is 0 Å². The summed E-state index contributed by atoms with van der Waals surface area (Å²) in [5.41, 5.74) is 6.29. The lowest BCUT2D eigenvalue weighted by atomic mass is 9.91. The van der Waals surface area contributed by atoms with Crippen LogP contribution in [0.15, 0.2) is 53.6 Å². The number of anilines is 1. The second-order valence-electron chi connectivity index (χ2n) is 7.55. The fourth-order valence-corrected chi connectivity index (χ4v) is 4.72. The minimum absolute atomic E-state index is 0.0109. The number of hydrogen-bond acceptors (Lipinski definition) is 4. The molecule has 1 fully saturated rings. The number of nitrogens with one attached hydrogen (secondary N) is 1. The molecule has 0 radical (unpaired) electrons. The predicted molar refractivity (Wildman–Crippen MR) is 126 cm³/mol. The summed E-state index contributed by atoms with van der Waals surface area (Å²) in [4.78, 5) is 0.688. The molecule has 0 spiro atoms.